The molecule has 0 radical (unpaired) electrons. The Hall–Kier alpha value is -1.63. The molecule has 0 bridgehead atoms. The third-order valence-corrected chi connectivity index (χ3v) is 2.89. The first-order valence-corrected chi connectivity index (χ1v) is 6.02. The highest BCUT2D eigenvalue weighted by atomic mass is 35.5. The van der Waals surface area contributed by atoms with Crippen LogP contribution in [0, 0.1) is 0 Å². The van der Waals surface area contributed by atoms with Crippen LogP contribution in [0.2, 0.25) is 5.02 Å². The van der Waals surface area contributed by atoms with Crippen molar-refractivity contribution in [3.8, 4) is 17.1 Å². The number of halogens is 1. The van der Waals surface area contributed by atoms with Gasteiger partial charge < -0.3 is 20.1 Å². The summed E-state index contributed by atoms with van der Waals surface area (Å²) in [4.78, 5) is 4.15. The lowest BCUT2D eigenvalue weighted by molar-refractivity contribution is 0.146. The van der Waals surface area contributed by atoms with Gasteiger partial charge in [0.05, 0.1) is 18.8 Å². The van der Waals surface area contributed by atoms with E-state index in [-0.39, 0.29) is 5.89 Å². The van der Waals surface area contributed by atoms with E-state index in [9.17, 15) is 5.11 Å². The summed E-state index contributed by atoms with van der Waals surface area (Å²) in [5.74, 6) is 1.03. The van der Waals surface area contributed by atoms with Gasteiger partial charge in [-0.15, -0.1) is 0 Å². The Bertz CT molecular complexity index is 571. The van der Waals surface area contributed by atoms with Gasteiger partial charge in [0, 0.05) is 5.02 Å². The Morgan fingerprint density at radius 2 is 2.21 bits per heavy atom. The first-order chi connectivity index (χ1) is 9.02. The van der Waals surface area contributed by atoms with Gasteiger partial charge in [-0.3, -0.25) is 0 Å². The lowest BCUT2D eigenvalue weighted by Gasteiger charge is -2.08. The molecule has 1 aromatic heterocycles. The van der Waals surface area contributed by atoms with Crippen molar-refractivity contribution in [3.05, 3.63) is 29.1 Å². The number of nitrogens with two attached hydrogens (primary N) is 1. The average molecular weight is 284 g/mol. The van der Waals surface area contributed by atoms with Gasteiger partial charge in [-0.25, -0.2) is 0 Å². The highest BCUT2D eigenvalue weighted by Gasteiger charge is 2.21. The fourth-order valence-corrected chi connectivity index (χ4v) is 1.70. The summed E-state index contributed by atoms with van der Waals surface area (Å²) < 4.78 is 10.2. The zero-order valence-electron chi connectivity index (χ0n) is 10.5. The molecule has 0 saturated carbocycles. The van der Waals surface area contributed by atoms with E-state index in [4.69, 9.17) is 26.6 Å². The summed E-state index contributed by atoms with van der Waals surface area (Å²) in [5.41, 5.74) is 6.36. The lowest BCUT2D eigenvalue weighted by Crippen LogP contribution is -2.23. The maximum Gasteiger partial charge on any atom is 0.246 e. The van der Waals surface area contributed by atoms with Crippen molar-refractivity contribution in [3.63, 3.8) is 0 Å². The highest BCUT2D eigenvalue weighted by Crippen LogP contribution is 2.31. The molecule has 3 N–H and O–H groups in total. The molecule has 0 saturated heterocycles. The second-order valence-corrected chi connectivity index (χ2v) is 4.50. The van der Waals surface area contributed by atoms with Crippen LogP contribution in [0.5, 0.6) is 5.75 Å². The zero-order valence-corrected chi connectivity index (χ0v) is 11.3. The van der Waals surface area contributed by atoms with E-state index in [1.165, 1.54) is 7.11 Å². The van der Waals surface area contributed by atoms with Crippen LogP contribution in [-0.2, 0) is 0 Å². The predicted molar refractivity (Wildman–Crippen MR) is 69.9 cm³/mol. The smallest absolute Gasteiger partial charge is 0.246 e. The van der Waals surface area contributed by atoms with Gasteiger partial charge in [0.25, 0.3) is 0 Å². The molecule has 2 unspecified atom stereocenters. The molecule has 7 heteroatoms. The Kier molecular flexibility index (Phi) is 4.04. The van der Waals surface area contributed by atoms with Gasteiger partial charge >= 0.3 is 0 Å². The van der Waals surface area contributed by atoms with E-state index in [0.29, 0.717) is 22.2 Å². The van der Waals surface area contributed by atoms with Crippen LogP contribution >= 0.6 is 11.6 Å². The van der Waals surface area contributed by atoms with Gasteiger partial charge in [0.1, 0.15) is 11.8 Å². The largest absolute Gasteiger partial charge is 0.496 e. The number of aliphatic hydroxyl groups is 1. The molecule has 0 aliphatic carbocycles. The molecule has 6 nitrogen and oxygen atoms in total. The molecular formula is C12H14ClN3O3. The lowest BCUT2D eigenvalue weighted by atomic mass is 10.2. The fraction of sp³-hybridized carbons (Fsp3) is 0.333. The molecule has 1 aromatic carbocycles. The normalized spacial score (nSPS) is 14.2. The van der Waals surface area contributed by atoms with Gasteiger partial charge in [-0.2, -0.15) is 4.98 Å². The monoisotopic (exact) mass is 283 g/mol. The minimum Gasteiger partial charge on any atom is -0.496 e. The molecule has 1 heterocycles. The van der Waals surface area contributed by atoms with Crippen molar-refractivity contribution in [2.24, 2.45) is 5.73 Å². The third kappa shape index (κ3) is 2.86. The second-order valence-electron chi connectivity index (χ2n) is 4.07. The minimum absolute atomic E-state index is 0.169. The first kappa shape index (κ1) is 13.8. The Labute approximate surface area is 115 Å². The summed E-state index contributed by atoms with van der Waals surface area (Å²) >= 11 is 5.88. The molecule has 0 amide bonds. The van der Waals surface area contributed by atoms with Crippen LogP contribution < -0.4 is 10.5 Å². The number of benzene rings is 1. The Balaban J connectivity index is 2.38. The quantitative estimate of drug-likeness (QED) is 0.888. The van der Waals surface area contributed by atoms with Crippen LogP contribution in [0.4, 0.5) is 0 Å². The third-order valence-electron chi connectivity index (χ3n) is 2.65. The van der Waals surface area contributed by atoms with Crippen molar-refractivity contribution < 1.29 is 14.4 Å². The number of hydrogen-bond acceptors (Lipinski definition) is 6. The van der Waals surface area contributed by atoms with E-state index >= 15 is 0 Å². The summed E-state index contributed by atoms with van der Waals surface area (Å²) in [6.07, 6.45) is -0.777. The number of hydrogen-bond donors (Lipinski definition) is 2. The van der Waals surface area contributed by atoms with E-state index in [1.807, 2.05) is 0 Å². The van der Waals surface area contributed by atoms with Crippen molar-refractivity contribution in [2.75, 3.05) is 7.11 Å². The standard InChI is InChI=1S/C12H14ClN3O3/c1-6(17)10(14)12-15-11(16-19-12)8-4-3-7(13)5-9(8)18-2/h3-6,10,17H,14H2,1-2H3. The maximum absolute atomic E-state index is 9.40. The van der Waals surface area contributed by atoms with Crippen molar-refractivity contribution in [1.29, 1.82) is 0 Å². The molecule has 2 aromatic rings. The van der Waals surface area contributed by atoms with Crippen molar-refractivity contribution in [1.82, 2.24) is 10.1 Å². The van der Waals surface area contributed by atoms with Gasteiger partial charge in [0.2, 0.25) is 11.7 Å². The van der Waals surface area contributed by atoms with Crippen LogP contribution in [0.1, 0.15) is 18.9 Å². The number of aromatic nitrogens is 2. The van der Waals surface area contributed by atoms with Gasteiger partial charge in [0.15, 0.2) is 0 Å². The second kappa shape index (κ2) is 5.56. The zero-order chi connectivity index (χ0) is 14.0. The molecule has 0 fully saturated rings. The van der Waals surface area contributed by atoms with E-state index < -0.39 is 12.1 Å². The van der Waals surface area contributed by atoms with Crippen LogP contribution in [0.15, 0.2) is 22.7 Å². The molecule has 0 aliphatic heterocycles. The maximum atomic E-state index is 9.40. The first-order valence-electron chi connectivity index (χ1n) is 5.64. The Morgan fingerprint density at radius 3 is 2.84 bits per heavy atom. The summed E-state index contributed by atoms with van der Waals surface area (Å²) in [6.45, 7) is 1.55. The van der Waals surface area contributed by atoms with Crippen LogP contribution in [0.25, 0.3) is 11.4 Å². The topological polar surface area (TPSA) is 94.4 Å². The van der Waals surface area contributed by atoms with E-state index in [1.54, 1.807) is 25.1 Å². The number of rotatable bonds is 4. The Morgan fingerprint density at radius 1 is 1.47 bits per heavy atom. The molecule has 0 aliphatic rings. The van der Waals surface area contributed by atoms with E-state index in [0.717, 1.165) is 0 Å². The number of aliphatic hydroxyl groups excluding tert-OH is 1. The molecule has 2 atom stereocenters. The number of methoxy groups -OCH3 is 1. The highest BCUT2D eigenvalue weighted by molar-refractivity contribution is 6.30. The van der Waals surface area contributed by atoms with Crippen LogP contribution in [-0.4, -0.2) is 28.5 Å². The molecule has 0 spiro atoms. The average Bonchev–Trinajstić information content (AvgIpc) is 2.86. The summed E-state index contributed by atoms with van der Waals surface area (Å²) in [5, 5.41) is 13.8. The molecule has 19 heavy (non-hydrogen) atoms. The summed E-state index contributed by atoms with van der Waals surface area (Å²) in [7, 11) is 1.53. The number of nitrogens with zero attached hydrogens (tertiary/aromatic N) is 2. The molecular weight excluding hydrogens is 270 g/mol. The minimum atomic E-state index is -0.777. The van der Waals surface area contributed by atoms with Crippen LogP contribution in [0.3, 0.4) is 0 Å². The summed E-state index contributed by atoms with van der Waals surface area (Å²) in [6, 6.07) is 4.36. The van der Waals surface area contributed by atoms with Crippen molar-refractivity contribution in [2.45, 2.75) is 19.1 Å². The van der Waals surface area contributed by atoms with Gasteiger partial charge in [-0.1, -0.05) is 16.8 Å². The number of ether oxygens (including phenoxy) is 1. The van der Waals surface area contributed by atoms with Gasteiger partial charge in [-0.05, 0) is 25.1 Å². The van der Waals surface area contributed by atoms with E-state index in [2.05, 4.69) is 10.1 Å². The fourth-order valence-electron chi connectivity index (χ4n) is 1.54. The molecule has 2 rings (SSSR count). The van der Waals surface area contributed by atoms with Crippen molar-refractivity contribution >= 4 is 11.6 Å². The SMILES string of the molecule is COc1cc(Cl)ccc1-c1noc(C(N)C(C)O)n1. The predicted octanol–water partition coefficient (Wildman–Crippen LogP) is 1.78. The molecule has 102 valence electrons.